The van der Waals surface area contributed by atoms with Crippen LogP contribution in [0, 0.1) is 0 Å². The highest BCUT2D eigenvalue weighted by molar-refractivity contribution is 5.93. The average molecular weight is 356 g/mol. The van der Waals surface area contributed by atoms with Gasteiger partial charge in [0.05, 0.1) is 12.1 Å². The van der Waals surface area contributed by atoms with Gasteiger partial charge in [-0.05, 0) is 36.4 Å². The molecule has 0 unspecified atom stereocenters. The summed E-state index contributed by atoms with van der Waals surface area (Å²) in [6.45, 7) is 1.63. The normalized spacial score (nSPS) is 9.88. The molecule has 0 aliphatic heterocycles. The first-order chi connectivity index (χ1) is 12.5. The molecule has 0 fully saturated rings. The zero-order chi connectivity index (χ0) is 18.8. The second kappa shape index (κ2) is 9.83. The molecule has 0 bridgehead atoms. The van der Waals surface area contributed by atoms with Crippen molar-refractivity contribution in [1.29, 1.82) is 0 Å². The molecule has 7 nitrogen and oxygen atoms in total. The van der Waals surface area contributed by atoms with Gasteiger partial charge in [0, 0.05) is 12.6 Å². The maximum absolute atomic E-state index is 11.9. The van der Waals surface area contributed by atoms with Crippen molar-refractivity contribution in [2.75, 3.05) is 25.1 Å². The predicted molar refractivity (Wildman–Crippen MR) is 96.0 cm³/mol. The summed E-state index contributed by atoms with van der Waals surface area (Å²) in [5, 5.41) is 5.20. The second-order valence-corrected chi connectivity index (χ2v) is 5.35. The highest BCUT2D eigenvalue weighted by Crippen LogP contribution is 2.10. The van der Waals surface area contributed by atoms with Crippen LogP contribution in [0.4, 0.5) is 5.69 Å². The summed E-state index contributed by atoms with van der Waals surface area (Å²) in [4.78, 5) is 34.5. The van der Waals surface area contributed by atoms with Crippen LogP contribution in [-0.4, -0.2) is 37.5 Å². The highest BCUT2D eigenvalue weighted by atomic mass is 16.5. The molecule has 0 aliphatic rings. The van der Waals surface area contributed by atoms with E-state index in [0.29, 0.717) is 24.4 Å². The fourth-order valence-electron chi connectivity index (χ4n) is 2.03. The van der Waals surface area contributed by atoms with Gasteiger partial charge >= 0.3 is 5.97 Å². The van der Waals surface area contributed by atoms with Gasteiger partial charge in [0.2, 0.25) is 5.91 Å². The van der Waals surface area contributed by atoms with Crippen LogP contribution in [0.15, 0.2) is 54.6 Å². The molecular formula is C19H20N2O5. The largest absolute Gasteiger partial charge is 0.492 e. The van der Waals surface area contributed by atoms with Crippen LogP contribution < -0.4 is 15.4 Å². The van der Waals surface area contributed by atoms with Gasteiger partial charge in [0.15, 0.2) is 6.61 Å². The Morgan fingerprint density at radius 2 is 1.65 bits per heavy atom. The lowest BCUT2D eigenvalue weighted by Crippen LogP contribution is -2.32. The van der Waals surface area contributed by atoms with Crippen LogP contribution in [0.2, 0.25) is 0 Å². The van der Waals surface area contributed by atoms with Crippen molar-refractivity contribution in [2.45, 2.75) is 6.92 Å². The third kappa shape index (κ3) is 6.64. The Morgan fingerprint density at radius 3 is 2.31 bits per heavy atom. The van der Waals surface area contributed by atoms with Gasteiger partial charge in [0.25, 0.3) is 5.91 Å². The van der Waals surface area contributed by atoms with Crippen LogP contribution in [0.5, 0.6) is 5.75 Å². The minimum atomic E-state index is -0.616. The Hall–Kier alpha value is -3.35. The van der Waals surface area contributed by atoms with Crippen molar-refractivity contribution >= 4 is 23.5 Å². The Bertz CT molecular complexity index is 744. The fourth-order valence-corrected chi connectivity index (χ4v) is 2.03. The van der Waals surface area contributed by atoms with Gasteiger partial charge in [0.1, 0.15) is 12.4 Å². The maximum Gasteiger partial charge on any atom is 0.338 e. The average Bonchev–Trinajstić information content (AvgIpc) is 2.64. The quantitative estimate of drug-likeness (QED) is 0.557. The molecule has 0 aliphatic carbocycles. The van der Waals surface area contributed by atoms with E-state index in [2.05, 4.69) is 10.6 Å². The first-order valence-electron chi connectivity index (χ1n) is 8.04. The number of para-hydroxylation sites is 1. The number of hydrogen-bond donors (Lipinski definition) is 2. The van der Waals surface area contributed by atoms with E-state index in [4.69, 9.17) is 9.47 Å². The number of rotatable bonds is 8. The summed E-state index contributed by atoms with van der Waals surface area (Å²) >= 11 is 0. The predicted octanol–water partition coefficient (Wildman–Crippen LogP) is 2.00. The zero-order valence-corrected chi connectivity index (χ0v) is 14.4. The van der Waals surface area contributed by atoms with Crippen molar-refractivity contribution in [3.05, 3.63) is 60.2 Å². The Labute approximate surface area is 151 Å². The standard InChI is InChI=1S/C19H20N2O5/c1-14(22)21-16-9-7-15(8-10-16)19(24)26-13-18(23)20-11-12-25-17-5-3-2-4-6-17/h2-10H,11-13H2,1H3,(H,20,23)(H,21,22). The van der Waals surface area contributed by atoms with E-state index in [0.717, 1.165) is 5.75 Å². The molecule has 26 heavy (non-hydrogen) atoms. The molecule has 2 N–H and O–H groups in total. The molecule has 0 heterocycles. The summed E-state index contributed by atoms with van der Waals surface area (Å²) in [6.07, 6.45) is 0. The number of anilines is 1. The lowest BCUT2D eigenvalue weighted by atomic mass is 10.2. The molecular weight excluding hydrogens is 336 g/mol. The number of esters is 1. The Morgan fingerprint density at radius 1 is 0.962 bits per heavy atom. The van der Waals surface area contributed by atoms with Crippen LogP contribution in [0.25, 0.3) is 0 Å². The van der Waals surface area contributed by atoms with Crippen molar-refractivity contribution in [2.24, 2.45) is 0 Å². The van der Waals surface area contributed by atoms with E-state index >= 15 is 0 Å². The molecule has 2 rings (SSSR count). The van der Waals surface area contributed by atoms with Gasteiger partial charge in [-0.2, -0.15) is 0 Å². The number of ether oxygens (including phenoxy) is 2. The van der Waals surface area contributed by atoms with Crippen molar-refractivity contribution in [3.8, 4) is 5.75 Å². The first kappa shape index (κ1) is 19.0. The molecule has 0 atom stereocenters. The van der Waals surface area contributed by atoms with Crippen molar-refractivity contribution < 1.29 is 23.9 Å². The number of benzene rings is 2. The summed E-state index contributed by atoms with van der Waals surface area (Å²) in [7, 11) is 0. The SMILES string of the molecule is CC(=O)Nc1ccc(C(=O)OCC(=O)NCCOc2ccccc2)cc1. The summed E-state index contributed by atoms with van der Waals surface area (Å²) in [5.74, 6) is -0.510. The summed E-state index contributed by atoms with van der Waals surface area (Å²) in [5.41, 5.74) is 0.865. The van der Waals surface area contributed by atoms with E-state index in [-0.39, 0.29) is 12.5 Å². The molecule has 0 radical (unpaired) electrons. The van der Waals surface area contributed by atoms with Gasteiger partial charge in [-0.25, -0.2) is 4.79 Å². The number of nitrogens with one attached hydrogen (secondary N) is 2. The van der Waals surface area contributed by atoms with E-state index in [9.17, 15) is 14.4 Å². The van der Waals surface area contributed by atoms with Crippen molar-refractivity contribution in [3.63, 3.8) is 0 Å². The molecule has 136 valence electrons. The molecule has 2 amide bonds. The number of hydrogen-bond acceptors (Lipinski definition) is 5. The number of amides is 2. The van der Waals surface area contributed by atoms with Gasteiger partial charge in [-0.15, -0.1) is 0 Å². The monoisotopic (exact) mass is 356 g/mol. The molecule has 0 saturated heterocycles. The van der Waals surface area contributed by atoms with Gasteiger partial charge in [-0.1, -0.05) is 18.2 Å². The minimum absolute atomic E-state index is 0.201. The van der Waals surface area contributed by atoms with Crippen LogP contribution in [0.3, 0.4) is 0 Å². The lowest BCUT2D eigenvalue weighted by Gasteiger charge is -2.08. The highest BCUT2D eigenvalue weighted by Gasteiger charge is 2.10. The fraction of sp³-hybridized carbons (Fsp3) is 0.211. The third-order valence-corrected chi connectivity index (χ3v) is 3.21. The molecule has 0 spiro atoms. The maximum atomic E-state index is 11.9. The first-order valence-corrected chi connectivity index (χ1v) is 8.04. The van der Waals surface area contributed by atoms with E-state index < -0.39 is 11.9 Å². The van der Waals surface area contributed by atoms with Crippen molar-refractivity contribution in [1.82, 2.24) is 5.32 Å². The van der Waals surface area contributed by atoms with Gasteiger partial charge in [-0.3, -0.25) is 9.59 Å². The lowest BCUT2D eigenvalue weighted by molar-refractivity contribution is -0.124. The summed E-state index contributed by atoms with van der Waals surface area (Å²) in [6, 6.07) is 15.4. The second-order valence-electron chi connectivity index (χ2n) is 5.35. The molecule has 2 aromatic rings. The number of carbonyl (C=O) groups is 3. The van der Waals surface area contributed by atoms with E-state index in [1.54, 1.807) is 12.1 Å². The smallest absolute Gasteiger partial charge is 0.338 e. The van der Waals surface area contributed by atoms with Crippen LogP contribution >= 0.6 is 0 Å². The summed E-state index contributed by atoms with van der Waals surface area (Å²) < 4.78 is 10.4. The molecule has 7 heteroatoms. The van der Waals surface area contributed by atoms with E-state index in [1.807, 2.05) is 30.3 Å². The van der Waals surface area contributed by atoms with Crippen LogP contribution in [-0.2, 0) is 14.3 Å². The zero-order valence-electron chi connectivity index (χ0n) is 14.4. The van der Waals surface area contributed by atoms with E-state index in [1.165, 1.54) is 19.1 Å². The topological polar surface area (TPSA) is 93.7 Å². The molecule has 0 aromatic heterocycles. The molecule has 2 aromatic carbocycles. The minimum Gasteiger partial charge on any atom is -0.492 e. The third-order valence-electron chi connectivity index (χ3n) is 3.21. The Balaban J connectivity index is 1.66. The molecule has 0 saturated carbocycles. The van der Waals surface area contributed by atoms with Crippen LogP contribution in [0.1, 0.15) is 17.3 Å². The van der Waals surface area contributed by atoms with Gasteiger partial charge < -0.3 is 20.1 Å². The number of carbonyl (C=O) groups excluding carboxylic acids is 3. The Kier molecular flexibility index (Phi) is 7.17.